The van der Waals surface area contributed by atoms with Crippen LogP contribution in [0.1, 0.15) is 25.0 Å². The molecule has 2 aromatic carbocycles. The SMILES string of the molecule is CCN(C(=O)[C@H](C)[NH+]1CC[NH+](Cc2cc(OC)c(OC)cc2C)CC1)c1ccccc1. The van der Waals surface area contributed by atoms with E-state index < -0.39 is 0 Å². The lowest BCUT2D eigenvalue weighted by molar-refractivity contribution is -1.02. The smallest absolute Gasteiger partial charge is 0.284 e. The summed E-state index contributed by atoms with van der Waals surface area (Å²) in [5.74, 6) is 1.77. The van der Waals surface area contributed by atoms with Gasteiger partial charge in [0.2, 0.25) is 0 Å². The molecule has 0 unspecified atom stereocenters. The van der Waals surface area contributed by atoms with Crippen molar-refractivity contribution >= 4 is 11.6 Å². The van der Waals surface area contributed by atoms with E-state index in [1.165, 1.54) is 16.0 Å². The normalized spacial score (nSPS) is 19.5. The number of para-hydroxylation sites is 1. The van der Waals surface area contributed by atoms with Crippen molar-refractivity contribution < 1.29 is 24.1 Å². The predicted molar refractivity (Wildman–Crippen MR) is 123 cm³/mol. The molecule has 31 heavy (non-hydrogen) atoms. The third kappa shape index (κ3) is 5.38. The number of hydrogen-bond acceptors (Lipinski definition) is 3. The van der Waals surface area contributed by atoms with Crippen molar-refractivity contribution in [2.45, 2.75) is 33.4 Å². The van der Waals surface area contributed by atoms with Crippen LogP contribution in [0.25, 0.3) is 0 Å². The molecule has 0 bridgehead atoms. The second-order valence-corrected chi connectivity index (χ2v) is 8.36. The summed E-state index contributed by atoms with van der Waals surface area (Å²) in [4.78, 5) is 18.0. The van der Waals surface area contributed by atoms with Crippen LogP contribution in [-0.4, -0.2) is 58.9 Å². The van der Waals surface area contributed by atoms with Crippen LogP contribution in [0.2, 0.25) is 0 Å². The number of anilines is 1. The maximum atomic E-state index is 13.2. The summed E-state index contributed by atoms with van der Waals surface area (Å²) >= 11 is 0. The zero-order chi connectivity index (χ0) is 22.4. The van der Waals surface area contributed by atoms with E-state index in [0.29, 0.717) is 6.54 Å². The Morgan fingerprint density at radius 1 is 1.03 bits per heavy atom. The van der Waals surface area contributed by atoms with E-state index in [-0.39, 0.29) is 11.9 Å². The number of aryl methyl sites for hydroxylation is 1. The van der Waals surface area contributed by atoms with Crippen molar-refractivity contribution in [3.8, 4) is 11.5 Å². The highest BCUT2D eigenvalue weighted by Crippen LogP contribution is 2.29. The maximum Gasteiger partial charge on any atom is 0.284 e. The summed E-state index contributed by atoms with van der Waals surface area (Å²) in [6.45, 7) is 12.0. The fourth-order valence-electron chi connectivity index (χ4n) is 4.50. The molecule has 0 spiro atoms. The third-order valence-corrected chi connectivity index (χ3v) is 6.51. The molecule has 3 rings (SSSR count). The van der Waals surface area contributed by atoms with Gasteiger partial charge < -0.3 is 24.2 Å². The number of rotatable bonds is 8. The number of amides is 1. The van der Waals surface area contributed by atoms with Crippen molar-refractivity contribution in [1.82, 2.24) is 0 Å². The molecule has 1 saturated heterocycles. The van der Waals surface area contributed by atoms with E-state index >= 15 is 0 Å². The lowest BCUT2D eigenvalue weighted by Crippen LogP contribution is -3.29. The van der Waals surface area contributed by atoms with Crippen LogP contribution in [0.15, 0.2) is 42.5 Å². The molecular weight excluding hydrogens is 390 g/mol. The monoisotopic (exact) mass is 427 g/mol. The van der Waals surface area contributed by atoms with Crippen molar-refractivity contribution in [1.29, 1.82) is 0 Å². The number of nitrogens with zero attached hydrogens (tertiary/aromatic N) is 1. The Balaban J connectivity index is 1.60. The van der Waals surface area contributed by atoms with Crippen molar-refractivity contribution in [2.24, 2.45) is 0 Å². The second kappa shape index (κ2) is 10.6. The van der Waals surface area contributed by atoms with Gasteiger partial charge >= 0.3 is 0 Å². The molecule has 1 amide bonds. The van der Waals surface area contributed by atoms with Gasteiger partial charge in [0, 0.05) is 17.8 Å². The van der Waals surface area contributed by atoms with Crippen LogP contribution in [0, 0.1) is 6.92 Å². The average Bonchev–Trinajstić information content (AvgIpc) is 2.81. The molecule has 1 aliphatic rings. The topological polar surface area (TPSA) is 47.7 Å². The molecule has 0 saturated carbocycles. The maximum absolute atomic E-state index is 13.2. The number of benzene rings is 2. The first kappa shape index (κ1) is 23.1. The number of carbonyl (C=O) groups is 1. The van der Waals surface area contributed by atoms with Crippen LogP contribution in [0.3, 0.4) is 0 Å². The molecular formula is C25H37N3O3+2. The lowest BCUT2D eigenvalue weighted by atomic mass is 10.1. The Morgan fingerprint density at radius 3 is 2.23 bits per heavy atom. The molecule has 1 fully saturated rings. The van der Waals surface area contributed by atoms with Crippen LogP contribution >= 0.6 is 0 Å². The van der Waals surface area contributed by atoms with Gasteiger partial charge in [0.05, 0.1) is 14.2 Å². The molecule has 0 radical (unpaired) electrons. The Bertz CT molecular complexity index is 864. The third-order valence-electron chi connectivity index (χ3n) is 6.51. The van der Waals surface area contributed by atoms with Crippen LogP contribution < -0.4 is 24.2 Å². The lowest BCUT2D eigenvalue weighted by Gasteiger charge is -2.34. The summed E-state index contributed by atoms with van der Waals surface area (Å²) in [5, 5.41) is 0. The molecule has 168 valence electrons. The molecule has 0 aromatic heterocycles. The number of hydrogen-bond donors (Lipinski definition) is 2. The highest BCUT2D eigenvalue weighted by atomic mass is 16.5. The average molecular weight is 428 g/mol. The Hall–Kier alpha value is -2.57. The first-order valence-corrected chi connectivity index (χ1v) is 11.2. The molecule has 1 heterocycles. The fraction of sp³-hybridized carbons (Fsp3) is 0.480. The Kier molecular flexibility index (Phi) is 7.93. The van der Waals surface area contributed by atoms with E-state index in [1.807, 2.05) is 42.2 Å². The molecule has 6 nitrogen and oxygen atoms in total. The number of likely N-dealkylation sites (N-methyl/N-ethyl adjacent to an activating group) is 1. The molecule has 2 aromatic rings. The minimum absolute atomic E-state index is 0.0375. The predicted octanol–water partition coefficient (Wildman–Crippen LogP) is 0.737. The van der Waals surface area contributed by atoms with Gasteiger partial charge in [-0.25, -0.2) is 0 Å². The molecule has 0 aliphatic carbocycles. The minimum atomic E-state index is -0.0375. The zero-order valence-corrected chi connectivity index (χ0v) is 19.5. The fourth-order valence-corrected chi connectivity index (χ4v) is 4.50. The Morgan fingerprint density at radius 2 is 1.65 bits per heavy atom. The summed E-state index contributed by atoms with van der Waals surface area (Å²) in [7, 11) is 3.35. The van der Waals surface area contributed by atoms with Gasteiger partial charge in [-0.3, -0.25) is 4.79 Å². The Labute approximate surface area is 186 Å². The number of carbonyl (C=O) groups excluding carboxylic acids is 1. The van der Waals surface area contributed by atoms with Gasteiger partial charge in [0.25, 0.3) is 5.91 Å². The standard InChI is InChI=1S/C25H35N3O3/c1-6-28(22-10-8-7-9-11-22)25(29)20(3)27-14-12-26(13-15-27)18-21-17-24(31-5)23(30-4)16-19(21)2/h7-11,16-17,20H,6,12-15,18H2,1-5H3/p+2/t20-/m0/s1. The van der Waals surface area contributed by atoms with Gasteiger partial charge in [-0.05, 0) is 50.6 Å². The largest absolute Gasteiger partial charge is 0.493 e. The van der Waals surface area contributed by atoms with E-state index in [2.05, 4.69) is 26.0 Å². The quantitative estimate of drug-likeness (QED) is 0.653. The number of piperazine rings is 1. The highest BCUT2D eigenvalue weighted by molar-refractivity contribution is 5.96. The van der Waals surface area contributed by atoms with Gasteiger partial charge in [0.15, 0.2) is 17.5 Å². The molecule has 6 heteroatoms. The van der Waals surface area contributed by atoms with Crippen LogP contribution in [0.4, 0.5) is 5.69 Å². The van der Waals surface area contributed by atoms with E-state index in [9.17, 15) is 4.79 Å². The van der Waals surface area contributed by atoms with Crippen molar-refractivity contribution in [3.05, 3.63) is 53.6 Å². The van der Waals surface area contributed by atoms with Gasteiger partial charge in [-0.15, -0.1) is 0 Å². The van der Waals surface area contributed by atoms with Crippen LogP contribution in [-0.2, 0) is 11.3 Å². The highest BCUT2D eigenvalue weighted by Gasteiger charge is 2.33. The van der Waals surface area contributed by atoms with Crippen molar-refractivity contribution in [3.63, 3.8) is 0 Å². The van der Waals surface area contributed by atoms with Crippen molar-refractivity contribution in [2.75, 3.05) is 51.8 Å². The number of ether oxygens (including phenoxy) is 2. The van der Waals surface area contributed by atoms with E-state index in [4.69, 9.17) is 9.47 Å². The summed E-state index contributed by atoms with van der Waals surface area (Å²) in [6, 6.07) is 14.1. The summed E-state index contributed by atoms with van der Waals surface area (Å²) < 4.78 is 10.9. The first-order valence-electron chi connectivity index (χ1n) is 11.2. The minimum Gasteiger partial charge on any atom is -0.493 e. The van der Waals surface area contributed by atoms with Gasteiger partial charge in [-0.2, -0.15) is 0 Å². The second-order valence-electron chi connectivity index (χ2n) is 8.36. The molecule has 1 aliphatic heterocycles. The van der Waals surface area contributed by atoms with E-state index in [1.54, 1.807) is 19.1 Å². The first-order chi connectivity index (χ1) is 15.0. The number of quaternary nitrogens is 2. The van der Waals surface area contributed by atoms with E-state index in [0.717, 1.165) is 49.9 Å². The number of nitrogens with one attached hydrogen (secondary N) is 2. The summed E-state index contributed by atoms with van der Waals surface area (Å²) in [5.41, 5.74) is 3.50. The van der Waals surface area contributed by atoms with Crippen LogP contribution in [0.5, 0.6) is 11.5 Å². The molecule has 1 atom stereocenters. The zero-order valence-electron chi connectivity index (χ0n) is 19.5. The molecule has 2 N–H and O–H groups in total. The van der Waals surface area contributed by atoms with Gasteiger partial charge in [0.1, 0.15) is 32.7 Å². The summed E-state index contributed by atoms with van der Waals surface area (Å²) in [6.07, 6.45) is 0. The number of methoxy groups -OCH3 is 2. The van der Waals surface area contributed by atoms with Gasteiger partial charge in [-0.1, -0.05) is 18.2 Å².